The summed E-state index contributed by atoms with van der Waals surface area (Å²) >= 11 is 0. The van der Waals surface area contributed by atoms with Crippen molar-refractivity contribution in [2.24, 2.45) is 5.92 Å². The van der Waals surface area contributed by atoms with Gasteiger partial charge >= 0.3 is 5.97 Å². The summed E-state index contributed by atoms with van der Waals surface area (Å²) in [6.45, 7) is 6.04. The van der Waals surface area contributed by atoms with E-state index in [1.807, 2.05) is 56.3 Å². The van der Waals surface area contributed by atoms with Crippen LogP contribution in [0.4, 0.5) is 17.2 Å². The van der Waals surface area contributed by atoms with Gasteiger partial charge in [0.1, 0.15) is 5.82 Å². The van der Waals surface area contributed by atoms with Gasteiger partial charge in [0.25, 0.3) is 0 Å². The van der Waals surface area contributed by atoms with E-state index in [0.29, 0.717) is 22.7 Å². The molecule has 6 heteroatoms. The molecule has 0 unspecified atom stereocenters. The smallest absolute Gasteiger partial charge is 0.354 e. The minimum Gasteiger partial charge on any atom is -0.477 e. The van der Waals surface area contributed by atoms with Crippen molar-refractivity contribution in [1.29, 1.82) is 5.41 Å². The van der Waals surface area contributed by atoms with E-state index in [4.69, 9.17) is 5.41 Å². The zero-order chi connectivity index (χ0) is 22.7. The van der Waals surface area contributed by atoms with Crippen LogP contribution >= 0.6 is 0 Å². The molecule has 1 aliphatic rings. The molecule has 0 amide bonds. The highest BCUT2D eigenvalue weighted by Gasteiger charge is 2.22. The largest absolute Gasteiger partial charge is 0.477 e. The number of carboxylic acid groups (broad SMARTS) is 1. The Labute approximate surface area is 188 Å². The van der Waals surface area contributed by atoms with Crippen LogP contribution in [0.5, 0.6) is 0 Å². The average molecular weight is 429 g/mol. The average Bonchev–Trinajstić information content (AvgIpc) is 3.34. The van der Waals surface area contributed by atoms with Crippen molar-refractivity contribution in [3.8, 4) is 11.1 Å². The summed E-state index contributed by atoms with van der Waals surface area (Å²) in [7, 11) is 0. The molecule has 1 aromatic heterocycles. The van der Waals surface area contributed by atoms with Crippen molar-refractivity contribution in [3.63, 3.8) is 0 Å². The lowest BCUT2D eigenvalue weighted by Crippen LogP contribution is -2.17. The van der Waals surface area contributed by atoms with Gasteiger partial charge in [-0.2, -0.15) is 0 Å². The zero-order valence-electron chi connectivity index (χ0n) is 18.4. The molecule has 164 valence electrons. The van der Waals surface area contributed by atoms with Gasteiger partial charge in [-0.25, -0.2) is 9.78 Å². The molecule has 0 atom stereocenters. The fourth-order valence-corrected chi connectivity index (χ4v) is 4.02. The Hall–Kier alpha value is -3.67. The van der Waals surface area contributed by atoms with Gasteiger partial charge in [0.05, 0.1) is 0 Å². The first kappa shape index (κ1) is 21.6. The number of carbonyl (C=O) groups is 1. The second-order valence-electron chi connectivity index (χ2n) is 8.38. The molecular formula is C26H28N4O2. The third-order valence-electron chi connectivity index (χ3n) is 5.77. The van der Waals surface area contributed by atoms with E-state index >= 15 is 0 Å². The number of aromatic carboxylic acids is 1. The van der Waals surface area contributed by atoms with Crippen molar-refractivity contribution in [3.05, 3.63) is 71.9 Å². The van der Waals surface area contributed by atoms with Crippen LogP contribution in [0.15, 0.2) is 60.7 Å². The zero-order valence-corrected chi connectivity index (χ0v) is 18.4. The Kier molecular flexibility index (Phi) is 6.21. The first-order valence-corrected chi connectivity index (χ1v) is 11.0. The molecule has 1 aliphatic heterocycles. The van der Waals surface area contributed by atoms with Crippen molar-refractivity contribution in [2.75, 3.05) is 23.3 Å². The van der Waals surface area contributed by atoms with Gasteiger partial charge < -0.3 is 20.7 Å². The Morgan fingerprint density at radius 3 is 2.31 bits per heavy atom. The maximum absolute atomic E-state index is 11.9. The molecule has 3 aromatic rings. The molecule has 3 N–H and O–H groups in total. The summed E-state index contributed by atoms with van der Waals surface area (Å²) in [6.07, 6.45) is 2.41. The number of anilines is 3. The van der Waals surface area contributed by atoms with E-state index in [0.717, 1.165) is 24.3 Å². The van der Waals surface area contributed by atoms with Crippen LogP contribution in [0.1, 0.15) is 42.7 Å². The Bertz CT molecular complexity index is 1120. The molecule has 32 heavy (non-hydrogen) atoms. The quantitative estimate of drug-likeness (QED) is 0.413. The standard InChI is InChI=1S/C26H28N4O2/c1-17(2)24(27)23-21(18-10-12-20(13-11-18)30-14-6-7-15-30)16-22(26(31)32)29-25(23)28-19-8-4-3-5-9-19/h3-5,8-13,16-17,27H,6-7,14-15H2,1-2H3,(H,28,29)(H,31,32). The molecule has 0 bridgehead atoms. The summed E-state index contributed by atoms with van der Waals surface area (Å²) in [4.78, 5) is 18.6. The van der Waals surface area contributed by atoms with Crippen molar-refractivity contribution in [2.45, 2.75) is 26.7 Å². The first-order chi connectivity index (χ1) is 15.4. The summed E-state index contributed by atoms with van der Waals surface area (Å²) in [5, 5.41) is 21.8. The third-order valence-corrected chi connectivity index (χ3v) is 5.77. The van der Waals surface area contributed by atoms with E-state index in [9.17, 15) is 9.90 Å². The summed E-state index contributed by atoms with van der Waals surface area (Å²) in [6, 6.07) is 19.2. The van der Waals surface area contributed by atoms with Crippen molar-refractivity contribution < 1.29 is 9.90 Å². The van der Waals surface area contributed by atoms with Gasteiger partial charge in [-0.05, 0) is 60.2 Å². The first-order valence-electron chi connectivity index (χ1n) is 11.0. The Morgan fingerprint density at radius 1 is 1.06 bits per heavy atom. The minimum atomic E-state index is -1.10. The maximum Gasteiger partial charge on any atom is 0.354 e. The predicted molar refractivity (Wildman–Crippen MR) is 129 cm³/mol. The normalized spacial score (nSPS) is 13.4. The number of para-hydroxylation sites is 1. The number of pyridine rings is 1. The SMILES string of the molecule is CC(C)C(=N)c1c(-c2ccc(N3CCCC3)cc2)cc(C(=O)O)nc1Nc1ccccc1. The molecule has 1 fully saturated rings. The highest BCUT2D eigenvalue weighted by atomic mass is 16.4. The van der Waals surface area contributed by atoms with Crippen LogP contribution in [0, 0.1) is 11.3 Å². The molecular weight excluding hydrogens is 400 g/mol. The van der Waals surface area contributed by atoms with E-state index in [2.05, 4.69) is 27.3 Å². The lowest BCUT2D eigenvalue weighted by molar-refractivity contribution is 0.0690. The minimum absolute atomic E-state index is 0.0496. The van der Waals surface area contributed by atoms with Crippen molar-refractivity contribution in [1.82, 2.24) is 4.98 Å². The Balaban J connectivity index is 1.85. The predicted octanol–water partition coefficient (Wildman–Crippen LogP) is 5.81. The monoisotopic (exact) mass is 428 g/mol. The molecule has 1 saturated heterocycles. The lowest BCUT2D eigenvalue weighted by Gasteiger charge is -2.21. The number of nitrogens with one attached hydrogen (secondary N) is 2. The number of carboxylic acids is 1. The second kappa shape index (κ2) is 9.22. The van der Waals surface area contributed by atoms with Gasteiger partial charge in [-0.15, -0.1) is 0 Å². The van der Waals surface area contributed by atoms with Crippen LogP contribution in [0.3, 0.4) is 0 Å². The number of aromatic nitrogens is 1. The molecule has 4 rings (SSSR count). The maximum atomic E-state index is 11.9. The fraction of sp³-hybridized carbons (Fsp3) is 0.269. The van der Waals surface area contributed by atoms with Crippen LogP contribution in [0.25, 0.3) is 11.1 Å². The summed E-state index contributed by atoms with van der Waals surface area (Å²) in [5.74, 6) is -0.765. The number of benzene rings is 2. The Morgan fingerprint density at radius 2 is 1.72 bits per heavy atom. The molecule has 0 aliphatic carbocycles. The molecule has 2 heterocycles. The topological polar surface area (TPSA) is 89.3 Å². The van der Waals surface area contributed by atoms with Crippen molar-refractivity contribution >= 4 is 28.9 Å². The lowest BCUT2D eigenvalue weighted by atomic mass is 9.91. The third kappa shape index (κ3) is 4.49. The molecule has 2 aromatic carbocycles. The summed E-state index contributed by atoms with van der Waals surface area (Å²) < 4.78 is 0. The second-order valence-corrected chi connectivity index (χ2v) is 8.38. The van der Waals surface area contributed by atoms with Gasteiger partial charge in [0.2, 0.25) is 0 Å². The van der Waals surface area contributed by atoms with Gasteiger partial charge in [0, 0.05) is 35.7 Å². The van der Waals surface area contributed by atoms with Gasteiger partial charge in [0.15, 0.2) is 5.69 Å². The van der Waals surface area contributed by atoms with Crippen LogP contribution < -0.4 is 10.2 Å². The van der Waals surface area contributed by atoms with Crippen LogP contribution in [-0.2, 0) is 0 Å². The van der Waals surface area contributed by atoms with Gasteiger partial charge in [-0.1, -0.05) is 44.2 Å². The highest BCUT2D eigenvalue weighted by molar-refractivity contribution is 6.10. The van der Waals surface area contributed by atoms with E-state index in [1.54, 1.807) is 6.07 Å². The van der Waals surface area contributed by atoms with Crippen LogP contribution in [-0.4, -0.2) is 34.9 Å². The number of nitrogens with zero attached hydrogens (tertiary/aromatic N) is 2. The molecule has 0 saturated carbocycles. The number of hydrogen-bond donors (Lipinski definition) is 3. The van der Waals surface area contributed by atoms with E-state index in [-0.39, 0.29) is 11.6 Å². The number of hydrogen-bond acceptors (Lipinski definition) is 5. The highest BCUT2D eigenvalue weighted by Crippen LogP contribution is 2.34. The van der Waals surface area contributed by atoms with Gasteiger partial charge in [-0.3, -0.25) is 0 Å². The van der Waals surface area contributed by atoms with E-state index in [1.165, 1.54) is 18.5 Å². The molecule has 6 nitrogen and oxygen atoms in total. The molecule has 0 spiro atoms. The fourth-order valence-electron chi connectivity index (χ4n) is 4.02. The van der Waals surface area contributed by atoms with E-state index < -0.39 is 5.97 Å². The summed E-state index contributed by atoms with van der Waals surface area (Å²) in [5.41, 5.74) is 4.51. The number of rotatable bonds is 7. The molecule has 0 radical (unpaired) electrons. The van der Waals surface area contributed by atoms with Crippen LogP contribution in [0.2, 0.25) is 0 Å².